The first-order chi connectivity index (χ1) is 11.3. The Morgan fingerprint density at radius 2 is 1.70 bits per heavy atom. The monoisotopic (exact) mass is 358 g/mol. The van der Waals surface area contributed by atoms with Gasteiger partial charge in [-0.3, -0.25) is 0 Å². The topological polar surface area (TPSA) is 0 Å². The average Bonchev–Trinajstić information content (AvgIpc) is 2.92. The molecule has 0 nitrogen and oxygen atoms in total. The predicted molar refractivity (Wildman–Crippen MR) is 102 cm³/mol. The van der Waals surface area contributed by atoms with Crippen molar-refractivity contribution in [2.45, 2.75) is 12.8 Å². The van der Waals surface area contributed by atoms with E-state index in [9.17, 15) is 0 Å². The van der Waals surface area contributed by atoms with Crippen molar-refractivity contribution >= 4 is 37.8 Å². The van der Waals surface area contributed by atoms with Gasteiger partial charge in [0.25, 0.3) is 0 Å². The van der Waals surface area contributed by atoms with Crippen molar-refractivity contribution in [2.75, 3.05) is 0 Å². The summed E-state index contributed by atoms with van der Waals surface area (Å²) in [6.45, 7) is 0. The van der Waals surface area contributed by atoms with Gasteiger partial charge in [-0.25, -0.2) is 0 Å². The lowest BCUT2D eigenvalue weighted by molar-refractivity contribution is 1.06. The van der Waals surface area contributed by atoms with Crippen molar-refractivity contribution < 1.29 is 0 Å². The van der Waals surface area contributed by atoms with E-state index in [0.717, 1.165) is 17.3 Å². The van der Waals surface area contributed by atoms with Gasteiger partial charge in [-0.2, -0.15) is 0 Å². The third kappa shape index (κ3) is 1.90. The van der Waals surface area contributed by atoms with Crippen LogP contribution in [0.25, 0.3) is 33.0 Å². The highest BCUT2D eigenvalue weighted by Gasteiger charge is 2.24. The summed E-state index contributed by atoms with van der Waals surface area (Å²) in [5, 5.41) is 2.79. The Labute approximate surface area is 144 Å². The molecule has 3 aromatic carbocycles. The van der Waals surface area contributed by atoms with E-state index in [1.807, 2.05) is 0 Å². The largest absolute Gasteiger partial charge is 0.0836 e. The molecular weight excluding hydrogens is 344 g/mol. The van der Waals surface area contributed by atoms with Crippen molar-refractivity contribution in [1.29, 1.82) is 0 Å². The highest BCUT2D eigenvalue weighted by atomic mass is 79.9. The molecule has 0 spiro atoms. The van der Waals surface area contributed by atoms with Gasteiger partial charge in [0.05, 0.1) is 0 Å². The number of hydrogen-bond donors (Lipinski definition) is 0. The van der Waals surface area contributed by atoms with Crippen LogP contribution in [0.2, 0.25) is 0 Å². The molecule has 23 heavy (non-hydrogen) atoms. The van der Waals surface area contributed by atoms with Gasteiger partial charge in [-0.05, 0) is 69.1 Å². The zero-order chi connectivity index (χ0) is 15.4. The molecule has 0 heterocycles. The molecule has 0 atom stereocenters. The third-order valence-electron chi connectivity index (χ3n) is 4.96. The van der Waals surface area contributed by atoms with E-state index in [2.05, 4.69) is 82.7 Å². The van der Waals surface area contributed by atoms with E-state index in [0.29, 0.717) is 0 Å². The molecule has 0 bridgehead atoms. The molecular formula is C22H15Br. The SMILES string of the molecule is Brc1cccc(-c2ccc3c4c(cccc24)C2=C3C=CCC2)c1. The zero-order valence-corrected chi connectivity index (χ0v) is 14.2. The maximum absolute atomic E-state index is 3.60. The first-order valence-corrected chi connectivity index (χ1v) is 8.84. The van der Waals surface area contributed by atoms with Gasteiger partial charge >= 0.3 is 0 Å². The normalized spacial score (nSPS) is 15.3. The lowest BCUT2D eigenvalue weighted by atomic mass is 9.94. The summed E-state index contributed by atoms with van der Waals surface area (Å²) in [6.07, 6.45) is 6.93. The van der Waals surface area contributed by atoms with Crippen LogP contribution in [0.5, 0.6) is 0 Å². The molecule has 0 N–H and O–H groups in total. The minimum atomic E-state index is 1.12. The molecule has 0 saturated carbocycles. The second-order valence-corrected chi connectivity index (χ2v) is 7.15. The van der Waals surface area contributed by atoms with Crippen LogP contribution in [-0.2, 0) is 0 Å². The van der Waals surface area contributed by atoms with Crippen molar-refractivity contribution in [2.24, 2.45) is 0 Å². The summed E-state index contributed by atoms with van der Waals surface area (Å²) in [6, 6.07) is 19.9. The molecule has 0 radical (unpaired) electrons. The second kappa shape index (κ2) is 4.94. The van der Waals surface area contributed by atoms with Crippen LogP contribution in [0, 0.1) is 0 Å². The molecule has 1 heteroatoms. The van der Waals surface area contributed by atoms with Gasteiger partial charge in [-0.1, -0.05) is 70.5 Å². The minimum Gasteiger partial charge on any atom is -0.0836 e. The van der Waals surface area contributed by atoms with Gasteiger partial charge in [0, 0.05) is 4.47 Å². The maximum atomic E-state index is 3.60. The molecule has 110 valence electrons. The standard InChI is InChI=1S/C22H15Br/c23-15-6-3-5-14(13-15)16-11-12-21-18-8-2-1-7-17(18)20-10-4-9-19(16)22(20)21/h2-6,8-13H,1,7H2. The van der Waals surface area contributed by atoms with Crippen LogP contribution in [0.15, 0.2) is 71.2 Å². The number of benzene rings is 3. The van der Waals surface area contributed by atoms with E-state index >= 15 is 0 Å². The van der Waals surface area contributed by atoms with Crippen LogP contribution in [-0.4, -0.2) is 0 Å². The molecule has 0 fully saturated rings. The fraction of sp³-hybridized carbons (Fsp3) is 0.0909. The fourth-order valence-corrected chi connectivity index (χ4v) is 4.39. The predicted octanol–water partition coefficient (Wildman–Crippen LogP) is 6.84. The first kappa shape index (κ1) is 13.3. The number of hydrogen-bond acceptors (Lipinski definition) is 0. The summed E-state index contributed by atoms with van der Waals surface area (Å²) < 4.78 is 1.12. The number of rotatable bonds is 1. The summed E-state index contributed by atoms with van der Waals surface area (Å²) in [5.74, 6) is 0. The number of fused-ring (bicyclic) bond motifs is 2. The Hall–Kier alpha value is -2.12. The van der Waals surface area contributed by atoms with Crippen molar-refractivity contribution in [3.63, 3.8) is 0 Å². The van der Waals surface area contributed by atoms with Crippen LogP contribution in [0.4, 0.5) is 0 Å². The third-order valence-corrected chi connectivity index (χ3v) is 5.46. The lowest BCUT2D eigenvalue weighted by Gasteiger charge is -2.10. The summed E-state index contributed by atoms with van der Waals surface area (Å²) in [5.41, 5.74) is 8.39. The average molecular weight is 359 g/mol. The van der Waals surface area contributed by atoms with Gasteiger partial charge in [0.15, 0.2) is 0 Å². The molecule has 2 aliphatic rings. The van der Waals surface area contributed by atoms with Crippen LogP contribution in [0.3, 0.4) is 0 Å². The lowest BCUT2D eigenvalue weighted by Crippen LogP contribution is -1.86. The Morgan fingerprint density at radius 1 is 0.826 bits per heavy atom. The van der Waals surface area contributed by atoms with Crippen molar-refractivity contribution in [3.05, 3.63) is 82.3 Å². The van der Waals surface area contributed by atoms with E-state index in [4.69, 9.17) is 0 Å². The van der Waals surface area contributed by atoms with Crippen molar-refractivity contribution in [1.82, 2.24) is 0 Å². The highest BCUT2D eigenvalue weighted by Crippen LogP contribution is 2.48. The maximum Gasteiger partial charge on any atom is 0.0181 e. The molecule has 0 unspecified atom stereocenters. The van der Waals surface area contributed by atoms with Crippen LogP contribution in [0.1, 0.15) is 24.0 Å². The Morgan fingerprint density at radius 3 is 2.61 bits per heavy atom. The molecule has 0 aromatic heterocycles. The number of allylic oxidation sites excluding steroid dienone is 4. The molecule has 2 aliphatic carbocycles. The van der Waals surface area contributed by atoms with Gasteiger partial charge in [0.1, 0.15) is 0 Å². The summed E-state index contributed by atoms with van der Waals surface area (Å²) in [4.78, 5) is 0. The zero-order valence-electron chi connectivity index (χ0n) is 12.6. The Kier molecular flexibility index (Phi) is 2.86. The Balaban J connectivity index is 1.84. The van der Waals surface area contributed by atoms with E-state index < -0.39 is 0 Å². The van der Waals surface area contributed by atoms with Gasteiger partial charge in [-0.15, -0.1) is 0 Å². The van der Waals surface area contributed by atoms with E-state index in [-0.39, 0.29) is 0 Å². The van der Waals surface area contributed by atoms with Gasteiger partial charge < -0.3 is 0 Å². The molecule has 0 aliphatic heterocycles. The highest BCUT2D eigenvalue weighted by molar-refractivity contribution is 9.10. The first-order valence-electron chi connectivity index (χ1n) is 8.05. The van der Waals surface area contributed by atoms with E-state index in [1.165, 1.54) is 44.2 Å². The number of halogens is 1. The summed E-state index contributed by atoms with van der Waals surface area (Å²) >= 11 is 3.60. The molecule has 3 aromatic rings. The quantitative estimate of drug-likeness (QED) is 0.446. The van der Waals surface area contributed by atoms with Gasteiger partial charge in [0.2, 0.25) is 0 Å². The fourth-order valence-electron chi connectivity index (χ4n) is 3.99. The van der Waals surface area contributed by atoms with E-state index in [1.54, 1.807) is 0 Å². The van der Waals surface area contributed by atoms with Crippen molar-refractivity contribution in [3.8, 4) is 11.1 Å². The second-order valence-electron chi connectivity index (χ2n) is 6.23. The molecule has 0 amide bonds. The Bertz CT molecular complexity index is 1020. The smallest absolute Gasteiger partial charge is 0.0181 e. The molecule has 0 saturated heterocycles. The minimum absolute atomic E-state index is 1.12. The van der Waals surface area contributed by atoms with Crippen LogP contribution >= 0.6 is 15.9 Å². The van der Waals surface area contributed by atoms with Crippen LogP contribution < -0.4 is 0 Å². The molecule has 5 rings (SSSR count). The summed E-state index contributed by atoms with van der Waals surface area (Å²) in [7, 11) is 0.